The van der Waals surface area contributed by atoms with Crippen LogP contribution in [0.1, 0.15) is 17.0 Å². The van der Waals surface area contributed by atoms with Crippen LogP contribution in [0.15, 0.2) is 6.07 Å². The zero-order valence-corrected chi connectivity index (χ0v) is 10.4. The van der Waals surface area contributed by atoms with Gasteiger partial charge in [-0.3, -0.25) is 5.43 Å². The molecule has 0 spiro atoms. The number of hydrazine groups is 1. The molecule has 2 heterocycles. The Hall–Kier alpha value is -0.840. The van der Waals surface area contributed by atoms with E-state index in [1.54, 1.807) is 0 Å². The van der Waals surface area contributed by atoms with Gasteiger partial charge in [-0.05, 0) is 25.5 Å². The topological polar surface area (TPSA) is 29.4 Å². The van der Waals surface area contributed by atoms with Gasteiger partial charge in [-0.25, -0.2) is 5.01 Å². The number of hydrogen-bond donors (Lipinski definition) is 1. The summed E-state index contributed by atoms with van der Waals surface area (Å²) in [5.41, 5.74) is 7.50. The largest absolute Gasteiger partial charge is 0.379 e. The van der Waals surface area contributed by atoms with E-state index in [1.165, 1.54) is 17.0 Å². The summed E-state index contributed by atoms with van der Waals surface area (Å²) in [7, 11) is 2.11. The zero-order chi connectivity index (χ0) is 11.5. The normalized spacial score (nSPS) is 17.9. The first kappa shape index (κ1) is 11.6. The van der Waals surface area contributed by atoms with Crippen molar-refractivity contribution in [2.45, 2.75) is 20.4 Å². The van der Waals surface area contributed by atoms with Crippen LogP contribution in [0.25, 0.3) is 0 Å². The van der Waals surface area contributed by atoms with Crippen LogP contribution in [0.5, 0.6) is 0 Å². The van der Waals surface area contributed by atoms with Crippen LogP contribution >= 0.6 is 0 Å². The maximum Gasteiger partial charge on any atom is 0.0608 e. The Morgan fingerprint density at radius 2 is 2.00 bits per heavy atom. The maximum absolute atomic E-state index is 5.31. The van der Waals surface area contributed by atoms with Gasteiger partial charge in [0.2, 0.25) is 0 Å². The van der Waals surface area contributed by atoms with Gasteiger partial charge >= 0.3 is 0 Å². The highest BCUT2D eigenvalue weighted by atomic mass is 16.5. The van der Waals surface area contributed by atoms with E-state index in [9.17, 15) is 0 Å². The molecule has 4 heteroatoms. The highest BCUT2D eigenvalue weighted by molar-refractivity contribution is 5.25. The molecule has 1 aromatic rings. The molecule has 0 aromatic carbocycles. The third-order valence-electron chi connectivity index (χ3n) is 3.38. The van der Waals surface area contributed by atoms with Gasteiger partial charge < -0.3 is 9.30 Å². The molecule has 0 aliphatic carbocycles. The van der Waals surface area contributed by atoms with E-state index < -0.39 is 0 Å². The Bertz CT molecular complexity index is 353. The molecular formula is C12H21N3O. The first-order valence-corrected chi connectivity index (χ1v) is 5.86. The molecule has 0 amide bonds. The fourth-order valence-electron chi connectivity index (χ4n) is 2.03. The van der Waals surface area contributed by atoms with Crippen molar-refractivity contribution < 1.29 is 4.74 Å². The molecule has 1 aliphatic rings. The highest BCUT2D eigenvalue weighted by Crippen LogP contribution is 2.12. The monoisotopic (exact) mass is 223 g/mol. The van der Waals surface area contributed by atoms with Crippen LogP contribution in [-0.4, -0.2) is 35.9 Å². The standard InChI is InChI=1S/C12H21N3O/c1-10-8-12(11(2)14(10)3)9-13-15-4-6-16-7-5-15/h8,13H,4-7,9H2,1-3H3. The van der Waals surface area contributed by atoms with Crippen LogP contribution in [0.4, 0.5) is 0 Å². The Morgan fingerprint density at radius 1 is 1.31 bits per heavy atom. The van der Waals surface area contributed by atoms with Crippen molar-refractivity contribution in [1.82, 2.24) is 15.0 Å². The molecule has 1 aliphatic heterocycles. The Balaban J connectivity index is 1.91. The molecule has 1 fully saturated rings. The van der Waals surface area contributed by atoms with E-state index in [-0.39, 0.29) is 0 Å². The predicted octanol–water partition coefficient (Wildman–Crippen LogP) is 0.979. The molecule has 0 bridgehead atoms. The van der Waals surface area contributed by atoms with E-state index in [4.69, 9.17) is 4.74 Å². The molecule has 1 aromatic heterocycles. The third-order valence-corrected chi connectivity index (χ3v) is 3.38. The van der Waals surface area contributed by atoms with Crippen molar-refractivity contribution >= 4 is 0 Å². The van der Waals surface area contributed by atoms with Gasteiger partial charge in [0, 0.05) is 38.1 Å². The second-order valence-electron chi connectivity index (χ2n) is 4.39. The van der Waals surface area contributed by atoms with Crippen molar-refractivity contribution in [2.75, 3.05) is 26.3 Å². The van der Waals surface area contributed by atoms with Crippen molar-refractivity contribution in [3.8, 4) is 0 Å². The summed E-state index contributed by atoms with van der Waals surface area (Å²) >= 11 is 0. The average Bonchev–Trinajstić information content (AvgIpc) is 2.56. The van der Waals surface area contributed by atoms with Crippen LogP contribution in [-0.2, 0) is 18.3 Å². The van der Waals surface area contributed by atoms with Crippen LogP contribution in [0, 0.1) is 13.8 Å². The number of hydrogen-bond acceptors (Lipinski definition) is 3. The van der Waals surface area contributed by atoms with E-state index in [1.807, 2.05) is 0 Å². The lowest BCUT2D eigenvalue weighted by Crippen LogP contribution is -2.45. The summed E-state index contributed by atoms with van der Waals surface area (Å²) in [5, 5.41) is 2.24. The smallest absolute Gasteiger partial charge is 0.0608 e. The van der Waals surface area contributed by atoms with Gasteiger partial charge in [-0.15, -0.1) is 0 Å². The van der Waals surface area contributed by atoms with E-state index in [0.717, 1.165) is 32.8 Å². The highest BCUT2D eigenvalue weighted by Gasteiger charge is 2.11. The molecule has 0 saturated carbocycles. The third kappa shape index (κ3) is 2.45. The zero-order valence-electron chi connectivity index (χ0n) is 10.4. The molecule has 90 valence electrons. The van der Waals surface area contributed by atoms with Gasteiger partial charge in [-0.2, -0.15) is 0 Å². The molecule has 0 radical (unpaired) electrons. The maximum atomic E-state index is 5.31. The first-order valence-electron chi connectivity index (χ1n) is 5.86. The molecule has 2 rings (SSSR count). The molecule has 16 heavy (non-hydrogen) atoms. The summed E-state index contributed by atoms with van der Waals surface area (Å²) < 4.78 is 7.55. The summed E-state index contributed by atoms with van der Waals surface area (Å²) in [6, 6.07) is 2.25. The first-order chi connectivity index (χ1) is 7.68. The lowest BCUT2D eigenvalue weighted by Gasteiger charge is -2.27. The summed E-state index contributed by atoms with van der Waals surface area (Å²) in [6.45, 7) is 8.84. The van der Waals surface area contributed by atoms with Crippen LogP contribution in [0.3, 0.4) is 0 Å². The quantitative estimate of drug-likeness (QED) is 0.828. The predicted molar refractivity (Wildman–Crippen MR) is 64.1 cm³/mol. The Labute approximate surface area is 97.2 Å². The number of aromatic nitrogens is 1. The van der Waals surface area contributed by atoms with Gasteiger partial charge in [-0.1, -0.05) is 0 Å². The van der Waals surface area contributed by atoms with Gasteiger partial charge in [0.05, 0.1) is 13.2 Å². The van der Waals surface area contributed by atoms with Crippen LogP contribution < -0.4 is 5.43 Å². The molecule has 0 atom stereocenters. The second-order valence-corrected chi connectivity index (χ2v) is 4.39. The summed E-state index contributed by atoms with van der Waals surface area (Å²) in [4.78, 5) is 0. The average molecular weight is 223 g/mol. The molecule has 0 unspecified atom stereocenters. The molecule has 1 N–H and O–H groups in total. The Kier molecular flexibility index (Phi) is 3.63. The van der Waals surface area contributed by atoms with Crippen molar-refractivity contribution in [2.24, 2.45) is 7.05 Å². The SMILES string of the molecule is Cc1cc(CNN2CCOCC2)c(C)n1C. The van der Waals surface area contributed by atoms with Crippen molar-refractivity contribution in [1.29, 1.82) is 0 Å². The number of nitrogens with one attached hydrogen (secondary N) is 1. The molecule has 4 nitrogen and oxygen atoms in total. The van der Waals surface area contributed by atoms with E-state index in [0.29, 0.717) is 0 Å². The minimum absolute atomic E-state index is 0.833. The van der Waals surface area contributed by atoms with E-state index >= 15 is 0 Å². The van der Waals surface area contributed by atoms with Crippen molar-refractivity contribution in [3.63, 3.8) is 0 Å². The van der Waals surface area contributed by atoms with Gasteiger partial charge in [0.25, 0.3) is 0 Å². The minimum Gasteiger partial charge on any atom is -0.379 e. The number of ether oxygens (including phenoxy) is 1. The van der Waals surface area contributed by atoms with Gasteiger partial charge in [0.15, 0.2) is 0 Å². The molecule has 1 saturated heterocycles. The van der Waals surface area contributed by atoms with Crippen molar-refractivity contribution in [3.05, 3.63) is 23.0 Å². The number of aryl methyl sites for hydroxylation is 1. The van der Waals surface area contributed by atoms with E-state index in [2.05, 4.69) is 42.0 Å². The minimum atomic E-state index is 0.833. The lowest BCUT2D eigenvalue weighted by atomic mass is 10.2. The fraction of sp³-hybridized carbons (Fsp3) is 0.667. The van der Waals surface area contributed by atoms with Crippen LogP contribution in [0.2, 0.25) is 0 Å². The van der Waals surface area contributed by atoms with Gasteiger partial charge in [0.1, 0.15) is 0 Å². The summed E-state index contributed by atoms with van der Waals surface area (Å²) in [6.07, 6.45) is 0. The lowest BCUT2D eigenvalue weighted by molar-refractivity contribution is 0.0105. The summed E-state index contributed by atoms with van der Waals surface area (Å²) in [5.74, 6) is 0. The molecular weight excluding hydrogens is 202 g/mol. The number of morpholine rings is 1. The second kappa shape index (κ2) is 4.99. The number of rotatable bonds is 3. The fourth-order valence-corrected chi connectivity index (χ4v) is 2.03. The number of nitrogens with zero attached hydrogens (tertiary/aromatic N) is 2. The Morgan fingerprint density at radius 3 is 2.56 bits per heavy atom.